The summed E-state index contributed by atoms with van der Waals surface area (Å²) in [4.78, 5) is 39.0. The summed E-state index contributed by atoms with van der Waals surface area (Å²) in [6, 6.07) is 14.1. The highest BCUT2D eigenvalue weighted by Crippen LogP contribution is 2.33. The number of furan rings is 1. The van der Waals surface area contributed by atoms with Crippen LogP contribution < -0.4 is 19.7 Å². The highest BCUT2D eigenvalue weighted by Gasteiger charge is 2.28. The third-order valence-corrected chi connectivity index (χ3v) is 5.32. The van der Waals surface area contributed by atoms with Gasteiger partial charge >= 0.3 is 0 Å². The first-order chi connectivity index (χ1) is 15.9. The van der Waals surface area contributed by atoms with Gasteiger partial charge < -0.3 is 19.2 Å². The zero-order valence-corrected chi connectivity index (χ0v) is 18.4. The normalized spacial score (nSPS) is 12.7. The molecule has 3 aromatic rings. The number of para-hydroxylation sites is 1. The molecule has 0 aliphatic carbocycles. The molecule has 4 rings (SSSR count). The van der Waals surface area contributed by atoms with E-state index < -0.39 is 0 Å². The summed E-state index contributed by atoms with van der Waals surface area (Å²) in [7, 11) is 0. The largest absolute Gasteiger partial charge is 0.485 e. The van der Waals surface area contributed by atoms with E-state index in [1.54, 1.807) is 30.3 Å². The summed E-state index contributed by atoms with van der Waals surface area (Å²) in [5.74, 6) is 0.738. The molecule has 2 amide bonds. The van der Waals surface area contributed by atoms with Gasteiger partial charge in [-0.1, -0.05) is 18.2 Å². The Bertz CT molecular complexity index is 1170. The number of rotatable bonds is 8. The van der Waals surface area contributed by atoms with Crippen LogP contribution in [0.25, 0.3) is 0 Å². The first-order valence-electron chi connectivity index (χ1n) is 10.5. The Labute approximate surface area is 191 Å². The summed E-state index contributed by atoms with van der Waals surface area (Å²) in [6.45, 7) is 3.52. The van der Waals surface area contributed by atoms with E-state index in [-0.39, 0.29) is 43.9 Å². The number of hydrogen-bond acceptors (Lipinski definition) is 6. The molecule has 0 saturated carbocycles. The lowest BCUT2D eigenvalue weighted by molar-refractivity contribution is -0.125. The Morgan fingerprint density at radius 2 is 1.88 bits per heavy atom. The first-order valence-corrected chi connectivity index (χ1v) is 10.5. The fourth-order valence-electron chi connectivity index (χ4n) is 3.60. The average molecular weight is 448 g/mol. The topological polar surface area (TPSA) is 98.1 Å². The number of anilines is 1. The maximum atomic E-state index is 12.8. The summed E-state index contributed by atoms with van der Waals surface area (Å²) in [5, 5.41) is 2.72. The third kappa shape index (κ3) is 5.06. The lowest BCUT2D eigenvalue weighted by Gasteiger charge is -2.29. The molecular weight excluding hydrogens is 424 g/mol. The smallest absolute Gasteiger partial charge is 0.265 e. The Morgan fingerprint density at radius 3 is 2.61 bits per heavy atom. The van der Waals surface area contributed by atoms with Gasteiger partial charge in [0, 0.05) is 5.56 Å². The zero-order chi connectivity index (χ0) is 23.4. The van der Waals surface area contributed by atoms with Gasteiger partial charge in [-0.2, -0.15) is 0 Å². The Morgan fingerprint density at radius 1 is 1.09 bits per heavy atom. The summed E-state index contributed by atoms with van der Waals surface area (Å²) in [6.07, 6.45) is 1.52. The van der Waals surface area contributed by atoms with Crippen molar-refractivity contribution in [1.29, 1.82) is 0 Å². The monoisotopic (exact) mass is 448 g/mol. The molecule has 1 N–H and O–H groups in total. The van der Waals surface area contributed by atoms with Gasteiger partial charge in [0.2, 0.25) is 5.91 Å². The van der Waals surface area contributed by atoms with Gasteiger partial charge in [0.25, 0.3) is 5.91 Å². The second-order valence-corrected chi connectivity index (χ2v) is 7.74. The molecule has 1 aliphatic heterocycles. The van der Waals surface area contributed by atoms with Crippen LogP contribution in [0, 0.1) is 13.8 Å². The minimum atomic E-state index is -0.368. The fourth-order valence-corrected chi connectivity index (χ4v) is 3.60. The van der Waals surface area contributed by atoms with Crippen molar-refractivity contribution in [2.75, 3.05) is 24.7 Å². The highest BCUT2D eigenvalue weighted by molar-refractivity contribution is 6.04. The Balaban J connectivity index is 1.46. The molecule has 0 bridgehead atoms. The number of Topliss-reactive ketones (excluding diaryl/α,β-unsaturated/α-hetero) is 1. The quantitative estimate of drug-likeness (QED) is 0.532. The van der Waals surface area contributed by atoms with Gasteiger partial charge in [-0.15, -0.1) is 0 Å². The maximum Gasteiger partial charge on any atom is 0.265 e. The molecule has 0 fully saturated rings. The van der Waals surface area contributed by atoms with Crippen LogP contribution in [0.4, 0.5) is 5.69 Å². The molecule has 8 heteroatoms. The standard InChI is InChI=1S/C25H24N2O6/c1-16-5-3-6-17(2)25(16)33-14-21(28)18-8-9-22-20(11-18)27(24(30)15-32-22)13-23(29)26-12-19-7-4-10-31-19/h3-11H,12-15H2,1-2H3,(H,26,29). The van der Waals surface area contributed by atoms with Crippen molar-refractivity contribution in [1.82, 2.24) is 5.32 Å². The van der Waals surface area contributed by atoms with Gasteiger partial charge in [-0.3, -0.25) is 19.3 Å². The molecule has 1 aliphatic rings. The maximum absolute atomic E-state index is 12.8. The molecule has 0 radical (unpaired) electrons. The number of hydrogen-bond donors (Lipinski definition) is 1. The van der Waals surface area contributed by atoms with E-state index in [0.29, 0.717) is 28.5 Å². The molecule has 33 heavy (non-hydrogen) atoms. The van der Waals surface area contributed by atoms with Crippen molar-refractivity contribution in [3.63, 3.8) is 0 Å². The van der Waals surface area contributed by atoms with Gasteiger partial charge in [-0.25, -0.2) is 0 Å². The number of benzene rings is 2. The van der Waals surface area contributed by atoms with Gasteiger partial charge in [0.1, 0.15) is 23.8 Å². The lowest BCUT2D eigenvalue weighted by atomic mass is 10.1. The molecule has 0 saturated heterocycles. The number of carbonyl (C=O) groups is 3. The first kappa shape index (κ1) is 22.1. The summed E-state index contributed by atoms with van der Waals surface area (Å²) >= 11 is 0. The molecule has 8 nitrogen and oxygen atoms in total. The van der Waals surface area contributed by atoms with Gasteiger partial charge in [0.15, 0.2) is 19.0 Å². The van der Waals surface area contributed by atoms with Crippen LogP contribution >= 0.6 is 0 Å². The van der Waals surface area contributed by atoms with Crippen LogP contribution in [0.5, 0.6) is 11.5 Å². The van der Waals surface area contributed by atoms with E-state index in [1.165, 1.54) is 11.2 Å². The van der Waals surface area contributed by atoms with Crippen LogP contribution in [-0.2, 0) is 16.1 Å². The fraction of sp³-hybridized carbons (Fsp3) is 0.240. The Kier molecular flexibility index (Phi) is 6.44. The number of ether oxygens (including phenoxy) is 2. The summed E-state index contributed by atoms with van der Waals surface area (Å²) < 4.78 is 16.5. The minimum Gasteiger partial charge on any atom is -0.485 e. The lowest BCUT2D eigenvalue weighted by Crippen LogP contribution is -2.45. The van der Waals surface area contributed by atoms with E-state index >= 15 is 0 Å². The molecule has 2 heterocycles. The number of ketones is 1. The van der Waals surface area contributed by atoms with Crippen LogP contribution in [0.1, 0.15) is 27.2 Å². The van der Waals surface area contributed by atoms with Gasteiger partial charge in [0.05, 0.1) is 18.5 Å². The van der Waals surface area contributed by atoms with Crippen molar-refractivity contribution < 1.29 is 28.3 Å². The number of carbonyl (C=O) groups excluding carboxylic acids is 3. The number of nitrogens with one attached hydrogen (secondary N) is 1. The van der Waals surface area contributed by atoms with Crippen LogP contribution in [0.3, 0.4) is 0 Å². The van der Waals surface area contributed by atoms with Crippen molar-refractivity contribution in [3.05, 3.63) is 77.2 Å². The number of aryl methyl sites for hydroxylation is 2. The molecule has 0 spiro atoms. The molecule has 170 valence electrons. The van der Waals surface area contributed by atoms with E-state index in [0.717, 1.165) is 11.1 Å². The minimum absolute atomic E-state index is 0.150. The van der Waals surface area contributed by atoms with Crippen molar-refractivity contribution in [3.8, 4) is 11.5 Å². The average Bonchev–Trinajstić information content (AvgIpc) is 3.32. The van der Waals surface area contributed by atoms with E-state index in [4.69, 9.17) is 13.9 Å². The predicted octanol–water partition coefficient (Wildman–Crippen LogP) is 3.20. The molecular formula is C25H24N2O6. The zero-order valence-electron chi connectivity index (χ0n) is 18.4. The van der Waals surface area contributed by atoms with Crippen molar-refractivity contribution in [2.45, 2.75) is 20.4 Å². The second-order valence-electron chi connectivity index (χ2n) is 7.74. The molecule has 0 unspecified atom stereocenters. The molecule has 0 atom stereocenters. The Hall–Kier alpha value is -4.07. The summed E-state index contributed by atoms with van der Waals surface area (Å²) in [5.41, 5.74) is 2.62. The predicted molar refractivity (Wildman–Crippen MR) is 121 cm³/mol. The number of amides is 2. The van der Waals surface area contributed by atoms with E-state index in [2.05, 4.69) is 5.32 Å². The van der Waals surface area contributed by atoms with Crippen molar-refractivity contribution in [2.24, 2.45) is 0 Å². The van der Waals surface area contributed by atoms with E-state index in [9.17, 15) is 14.4 Å². The number of nitrogens with zero attached hydrogens (tertiary/aromatic N) is 1. The third-order valence-electron chi connectivity index (χ3n) is 5.32. The second kappa shape index (κ2) is 9.60. The van der Waals surface area contributed by atoms with Gasteiger partial charge in [-0.05, 0) is 55.3 Å². The van der Waals surface area contributed by atoms with Crippen molar-refractivity contribution >= 4 is 23.3 Å². The van der Waals surface area contributed by atoms with E-state index in [1.807, 2.05) is 32.0 Å². The molecule has 1 aromatic heterocycles. The number of fused-ring (bicyclic) bond motifs is 1. The van der Waals surface area contributed by atoms with Crippen LogP contribution in [-0.4, -0.2) is 37.4 Å². The molecule has 2 aromatic carbocycles. The van der Waals surface area contributed by atoms with Crippen LogP contribution in [0.2, 0.25) is 0 Å². The van der Waals surface area contributed by atoms with Crippen LogP contribution in [0.15, 0.2) is 59.2 Å². The highest BCUT2D eigenvalue weighted by atomic mass is 16.5. The SMILES string of the molecule is Cc1cccc(C)c1OCC(=O)c1ccc2c(c1)N(CC(=O)NCc1ccco1)C(=O)CO2.